The van der Waals surface area contributed by atoms with Crippen molar-refractivity contribution in [2.75, 3.05) is 13.4 Å². The normalized spacial score (nSPS) is 16.8. The number of isocyanates is 1. The van der Waals surface area contributed by atoms with Crippen molar-refractivity contribution in [2.24, 2.45) is 4.99 Å². The lowest BCUT2D eigenvalue weighted by molar-refractivity contribution is 0.249. The molecule has 3 nitrogen and oxygen atoms in total. The number of thioether (sulfide) groups is 1. The lowest BCUT2D eigenvalue weighted by Crippen LogP contribution is -2.32. The number of aliphatic imine (C=N–C) groups is 1. The Balaban J connectivity index is 2.54. The molecule has 1 fully saturated rings. The van der Waals surface area contributed by atoms with Crippen LogP contribution in [0.25, 0.3) is 0 Å². The summed E-state index contributed by atoms with van der Waals surface area (Å²) in [6.45, 7) is 0. The molecular formula is C13H15NO2S. The van der Waals surface area contributed by atoms with Gasteiger partial charge < -0.3 is 4.74 Å². The van der Waals surface area contributed by atoms with Gasteiger partial charge in [0, 0.05) is 0 Å². The van der Waals surface area contributed by atoms with Crippen LogP contribution in [0.2, 0.25) is 0 Å². The second-order valence-electron chi connectivity index (χ2n) is 4.13. The predicted molar refractivity (Wildman–Crippen MR) is 68.4 cm³/mol. The molecule has 0 aliphatic heterocycles. The molecule has 4 heteroatoms. The molecule has 0 radical (unpaired) electrons. The maximum absolute atomic E-state index is 10.6. The van der Waals surface area contributed by atoms with Crippen molar-refractivity contribution in [1.29, 1.82) is 0 Å². The Morgan fingerprint density at radius 3 is 2.71 bits per heavy atom. The van der Waals surface area contributed by atoms with E-state index in [9.17, 15) is 4.79 Å². The van der Waals surface area contributed by atoms with Gasteiger partial charge >= 0.3 is 0 Å². The topological polar surface area (TPSA) is 38.7 Å². The van der Waals surface area contributed by atoms with Gasteiger partial charge in [0.15, 0.2) is 0 Å². The van der Waals surface area contributed by atoms with Gasteiger partial charge in [0.1, 0.15) is 5.75 Å². The molecule has 2 rings (SSSR count). The maximum Gasteiger partial charge on any atom is 0.235 e. The van der Waals surface area contributed by atoms with Crippen molar-refractivity contribution in [2.45, 2.75) is 29.7 Å². The number of nitrogens with zero attached hydrogens (tertiary/aromatic N) is 1. The third-order valence-electron chi connectivity index (χ3n) is 3.34. The summed E-state index contributed by atoms with van der Waals surface area (Å²) >= 11 is 1.63. The van der Waals surface area contributed by atoms with Crippen LogP contribution >= 0.6 is 11.8 Å². The highest BCUT2D eigenvalue weighted by atomic mass is 32.2. The van der Waals surface area contributed by atoms with Crippen LogP contribution in [0.3, 0.4) is 0 Å². The second kappa shape index (κ2) is 4.94. The number of ether oxygens (including phenoxy) is 1. The van der Waals surface area contributed by atoms with Gasteiger partial charge in [-0.3, -0.25) is 0 Å². The van der Waals surface area contributed by atoms with Gasteiger partial charge in [0.2, 0.25) is 6.08 Å². The molecule has 1 aromatic carbocycles. The number of hydrogen-bond acceptors (Lipinski definition) is 4. The third kappa shape index (κ3) is 1.99. The molecular weight excluding hydrogens is 234 g/mol. The first kappa shape index (κ1) is 12.2. The summed E-state index contributed by atoms with van der Waals surface area (Å²) < 4.78 is 5.36. The minimum absolute atomic E-state index is 0.353. The Hall–Kier alpha value is -1.25. The summed E-state index contributed by atoms with van der Waals surface area (Å²) in [7, 11) is 1.66. The Bertz CT molecular complexity index is 462. The summed E-state index contributed by atoms with van der Waals surface area (Å²) in [6, 6.07) is 5.93. The van der Waals surface area contributed by atoms with Gasteiger partial charge in [-0.15, -0.1) is 11.8 Å². The fourth-order valence-electron chi connectivity index (χ4n) is 2.29. The van der Waals surface area contributed by atoms with Crippen LogP contribution in [0.5, 0.6) is 5.75 Å². The quantitative estimate of drug-likeness (QED) is 0.467. The van der Waals surface area contributed by atoms with Gasteiger partial charge in [-0.1, -0.05) is 12.1 Å². The molecule has 1 aliphatic rings. The van der Waals surface area contributed by atoms with Crippen LogP contribution in [0.4, 0.5) is 0 Å². The van der Waals surface area contributed by atoms with E-state index in [-0.39, 0.29) is 5.54 Å². The first-order chi connectivity index (χ1) is 8.27. The van der Waals surface area contributed by atoms with Crippen molar-refractivity contribution >= 4 is 17.8 Å². The fraction of sp³-hybridized carbons (Fsp3) is 0.462. The molecule has 0 saturated heterocycles. The maximum atomic E-state index is 10.6. The molecule has 1 saturated carbocycles. The van der Waals surface area contributed by atoms with Crippen molar-refractivity contribution in [3.8, 4) is 5.75 Å². The summed E-state index contributed by atoms with van der Waals surface area (Å²) in [5.41, 5.74) is 0.744. The number of carbonyl (C=O) groups excluding carboxylic acids is 1. The zero-order chi connectivity index (χ0) is 12.3. The lowest BCUT2D eigenvalue weighted by Gasteiger charge is -2.38. The average molecular weight is 249 g/mol. The van der Waals surface area contributed by atoms with E-state index in [2.05, 4.69) is 4.99 Å². The predicted octanol–water partition coefficient (Wildman–Crippen LogP) is 3.13. The number of hydrogen-bond donors (Lipinski definition) is 0. The Morgan fingerprint density at radius 2 is 2.24 bits per heavy atom. The monoisotopic (exact) mass is 249 g/mol. The van der Waals surface area contributed by atoms with E-state index < -0.39 is 0 Å². The zero-order valence-electron chi connectivity index (χ0n) is 10.0. The molecule has 1 aromatic rings. The van der Waals surface area contributed by atoms with Crippen LogP contribution in [0.1, 0.15) is 24.8 Å². The van der Waals surface area contributed by atoms with Crippen molar-refractivity contribution in [3.63, 3.8) is 0 Å². The highest BCUT2D eigenvalue weighted by Gasteiger charge is 2.41. The van der Waals surface area contributed by atoms with E-state index in [0.29, 0.717) is 0 Å². The minimum Gasteiger partial charge on any atom is -0.496 e. The van der Waals surface area contributed by atoms with Crippen molar-refractivity contribution in [3.05, 3.63) is 23.8 Å². The molecule has 0 N–H and O–H groups in total. The van der Waals surface area contributed by atoms with Crippen LogP contribution < -0.4 is 4.74 Å². The SMILES string of the molecule is COc1cccc(C2(N=C=O)CCC2)c1SC. The number of benzene rings is 1. The Labute approximate surface area is 105 Å². The van der Waals surface area contributed by atoms with Crippen LogP contribution in [-0.4, -0.2) is 19.4 Å². The molecule has 17 heavy (non-hydrogen) atoms. The molecule has 1 aliphatic carbocycles. The summed E-state index contributed by atoms with van der Waals surface area (Å²) in [5, 5.41) is 0. The fourth-order valence-corrected chi connectivity index (χ4v) is 3.12. The van der Waals surface area contributed by atoms with E-state index in [0.717, 1.165) is 35.5 Å². The first-order valence-corrected chi connectivity index (χ1v) is 6.80. The molecule has 90 valence electrons. The Morgan fingerprint density at radius 1 is 1.47 bits per heavy atom. The highest BCUT2D eigenvalue weighted by Crippen LogP contribution is 2.49. The smallest absolute Gasteiger partial charge is 0.235 e. The van der Waals surface area contributed by atoms with E-state index in [1.165, 1.54) is 0 Å². The van der Waals surface area contributed by atoms with E-state index in [1.54, 1.807) is 25.0 Å². The zero-order valence-corrected chi connectivity index (χ0v) is 10.8. The summed E-state index contributed by atoms with van der Waals surface area (Å²) in [5.74, 6) is 0.849. The van der Waals surface area contributed by atoms with Crippen molar-refractivity contribution in [1.82, 2.24) is 0 Å². The Kier molecular flexibility index (Phi) is 3.55. The summed E-state index contributed by atoms with van der Waals surface area (Å²) in [6.07, 6.45) is 6.68. The third-order valence-corrected chi connectivity index (χ3v) is 4.17. The lowest BCUT2D eigenvalue weighted by atomic mass is 9.72. The van der Waals surface area contributed by atoms with Gasteiger partial charge in [-0.2, -0.15) is 4.99 Å². The minimum atomic E-state index is -0.353. The molecule has 0 heterocycles. The molecule has 0 spiro atoms. The van der Waals surface area contributed by atoms with Crippen molar-refractivity contribution < 1.29 is 9.53 Å². The van der Waals surface area contributed by atoms with E-state index in [4.69, 9.17) is 4.74 Å². The average Bonchev–Trinajstić information content (AvgIpc) is 2.32. The highest BCUT2D eigenvalue weighted by molar-refractivity contribution is 7.98. The number of methoxy groups -OCH3 is 1. The largest absolute Gasteiger partial charge is 0.496 e. The molecule has 0 amide bonds. The first-order valence-electron chi connectivity index (χ1n) is 5.58. The standard InChI is InChI=1S/C13H15NO2S/c1-16-11-6-3-5-10(12(11)17-2)13(14-9-15)7-4-8-13/h3,5-6H,4,7-8H2,1-2H3. The van der Waals surface area contributed by atoms with Crippen LogP contribution in [-0.2, 0) is 10.3 Å². The second-order valence-corrected chi connectivity index (χ2v) is 4.95. The van der Waals surface area contributed by atoms with Gasteiger partial charge in [-0.05, 0) is 37.1 Å². The molecule has 0 bridgehead atoms. The van der Waals surface area contributed by atoms with Gasteiger partial charge in [0.05, 0.1) is 17.5 Å². The molecule has 0 atom stereocenters. The molecule has 0 unspecified atom stereocenters. The van der Waals surface area contributed by atoms with Gasteiger partial charge in [0.25, 0.3) is 0 Å². The van der Waals surface area contributed by atoms with E-state index in [1.807, 2.05) is 24.5 Å². The van der Waals surface area contributed by atoms with Crippen LogP contribution in [0.15, 0.2) is 28.1 Å². The summed E-state index contributed by atoms with van der Waals surface area (Å²) in [4.78, 5) is 15.7. The van der Waals surface area contributed by atoms with Crippen LogP contribution in [0, 0.1) is 0 Å². The molecule has 0 aromatic heterocycles. The van der Waals surface area contributed by atoms with Gasteiger partial charge in [-0.25, -0.2) is 4.79 Å². The number of rotatable bonds is 4. The van der Waals surface area contributed by atoms with E-state index >= 15 is 0 Å².